The lowest BCUT2D eigenvalue weighted by atomic mass is 10.0. The average Bonchev–Trinajstić information content (AvgIpc) is 2.99. The van der Waals surface area contributed by atoms with E-state index in [1.54, 1.807) is 55.4 Å². The molecule has 2 aromatic rings. The van der Waals surface area contributed by atoms with Gasteiger partial charge in [-0.25, -0.2) is 0 Å². The van der Waals surface area contributed by atoms with Crippen molar-refractivity contribution in [1.82, 2.24) is 21.3 Å². The first-order valence-electron chi connectivity index (χ1n) is 16.3. The Morgan fingerprint density at radius 1 is 0.462 bits per heavy atom. The van der Waals surface area contributed by atoms with E-state index in [0.717, 1.165) is 0 Å². The Hall–Kier alpha value is -4.82. The van der Waals surface area contributed by atoms with Crippen LogP contribution in [-0.2, 0) is 19.2 Å². The molecule has 52 heavy (non-hydrogen) atoms. The monoisotopic (exact) mass is 756 g/mol. The summed E-state index contributed by atoms with van der Waals surface area (Å²) in [6.45, 7) is 13.7. The molecule has 3 rings (SSSR count). The van der Waals surface area contributed by atoms with Crippen LogP contribution >= 0.6 is 23.2 Å². The molecule has 0 radical (unpaired) electrons. The third-order valence-electron chi connectivity index (χ3n) is 7.36. The zero-order valence-corrected chi connectivity index (χ0v) is 32.0. The van der Waals surface area contributed by atoms with E-state index in [4.69, 9.17) is 23.2 Å². The molecule has 0 atom stereocenters. The number of rotatable bonds is 0. The molecule has 1 aliphatic rings. The lowest BCUT2D eigenvalue weighted by Gasteiger charge is -2.27. The fourth-order valence-corrected chi connectivity index (χ4v) is 5.25. The normalized spacial score (nSPS) is 19.9. The number of phenols is 2. The van der Waals surface area contributed by atoms with Crippen molar-refractivity contribution in [3.05, 3.63) is 56.6 Å². The predicted molar refractivity (Wildman–Crippen MR) is 205 cm³/mol. The molecular weight excluding hydrogens is 711 g/mol. The number of phenolic OH excluding ortho intramolecular Hbond substituents is 2. The molecule has 0 unspecified atom stereocenters. The van der Waals surface area contributed by atoms with E-state index in [0.29, 0.717) is 10.0 Å². The number of halogens is 2. The van der Waals surface area contributed by atoms with Crippen LogP contribution in [0.4, 0.5) is 0 Å². The first-order chi connectivity index (χ1) is 24.0. The zero-order valence-electron chi connectivity index (χ0n) is 30.5. The molecule has 4 amide bonds. The number of fused-ring (bicyclic) bond motifs is 4. The number of carbonyl (C=O) groups excluding carboxylic acids is 4. The number of carbonyl (C=O) groups is 4. The third kappa shape index (κ3) is 12.7. The minimum atomic E-state index is -0.958. The fraction of sp³-hybridized carbons (Fsp3) is 0.444. The summed E-state index contributed by atoms with van der Waals surface area (Å²) in [4.78, 5) is 68.8. The topological polar surface area (TPSA) is 206 Å². The molecule has 0 aliphatic carbocycles. The van der Waals surface area contributed by atoms with Crippen molar-refractivity contribution >= 4 is 71.7 Å². The van der Waals surface area contributed by atoms with Gasteiger partial charge >= 0.3 is 23.6 Å². The SMILES string of the molecule is CC1(C)CN=Cc2cc(Cl)cc(c2O)C=NCC(C)(C)NC(=O)C(=O)NC(C)(C)CN=Cc2cc(Cl)cc(c2O)C=NCC(C)(C)NC(=O)C(=O)N1. The molecule has 1 aliphatic heterocycles. The first-order valence-corrected chi connectivity index (χ1v) is 17.1. The van der Waals surface area contributed by atoms with E-state index in [1.807, 2.05) is 0 Å². The van der Waals surface area contributed by atoms with Crippen LogP contribution in [0.25, 0.3) is 0 Å². The molecule has 0 saturated heterocycles. The summed E-state index contributed by atoms with van der Waals surface area (Å²) in [6.07, 6.45) is 5.57. The van der Waals surface area contributed by atoms with E-state index < -0.39 is 45.8 Å². The van der Waals surface area contributed by atoms with Crippen LogP contribution in [0.2, 0.25) is 10.0 Å². The van der Waals surface area contributed by atoms with Crippen molar-refractivity contribution in [3.63, 3.8) is 0 Å². The molecule has 14 nitrogen and oxygen atoms in total. The number of aliphatic imine (C=N–C) groups is 4. The highest BCUT2D eigenvalue weighted by Crippen LogP contribution is 2.26. The van der Waals surface area contributed by atoms with Crippen molar-refractivity contribution in [2.75, 3.05) is 26.2 Å². The summed E-state index contributed by atoms with van der Waals surface area (Å²) in [7, 11) is 0. The van der Waals surface area contributed by atoms with Gasteiger partial charge in [-0.05, 0) is 79.7 Å². The highest BCUT2D eigenvalue weighted by molar-refractivity contribution is 6.36. The van der Waals surface area contributed by atoms with Gasteiger partial charge in [-0.1, -0.05) is 23.2 Å². The van der Waals surface area contributed by atoms with Crippen LogP contribution in [0.3, 0.4) is 0 Å². The summed E-state index contributed by atoms with van der Waals surface area (Å²) < 4.78 is 0. The van der Waals surface area contributed by atoms with E-state index in [1.165, 1.54) is 49.1 Å². The molecule has 0 fully saturated rings. The fourth-order valence-electron chi connectivity index (χ4n) is 4.78. The van der Waals surface area contributed by atoms with Crippen molar-refractivity contribution in [1.29, 1.82) is 0 Å². The lowest BCUT2D eigenvalue weighted by molar-refractivity contribution is -0.141. The number of benzene rings is 2. The Labute approximate surface area is 313 Å². The van der Waals surface area contributed by atoms with E-state index in [9.17, 15) is 29.4 Å². The molecule has 280 valence electrons. The van der Waals surface area contributed by atoms with E-state index >= 15 is 0 Å². The second kappa shape index (κ2) is 16.7. The molecule has 2 aromatic carbocycles. The maximum absolute atomic E-state index is 12.8. The van der Waals surface area contributed by atoms with Crippen LogP contribution in [0.1, 0.15) is 77.6 Å². The Morgan fingerprint density at radius 3 is 0.846 bits per heavy atom. The first kappa shape index (κ1) is 41.6. The van der Waals surface area contributed by atoms with Crippen molar-refractivity contribution in [2.24, 2.45) is 20.0 Å². The summed E-state index contributed by atoms with van der Waals surface area (Å²) >= 11 is 12.6. The van der Waals surface area contributed by atoms with Gasteiger partial charge in [-0.3, -0.25) is 39.1 Å². The van der Waals surface area contributed by atoms with Gasteiger partial charge in [-0.15, -0.1) is 0 Å². The Bertz CT molecular complexity index is 1580. The largest absolute Gasteiger partial charge is 0.507 e. The maximum Gasteiger partial charge on any atom is 0.309 e. The average molecular weight is 758 g/mol. The van der Waals surface area contributed by atoms with Crippen LogP contribution in [0, 0.1) is 0 Å². The Balaban J connectivity index is 1.94. The number of nitrogens with one attached hydrogen (secondary N) is 4. The molecule has 16 heteroatoms. The number of aromatic hydroxyl groups is 2. The van der Waals surface area contributed by atoms with Crippen LogP contribution < -0.4 is 21.3 Å². The van der Waals surface area contributed by atoms with Crippen LogP contribution in [0.15, 0.2) is 44.2 Å². The van der Waals surface area contributed by atoms with Crippen molar-refractivity contribution in [3.8, 4) is 11.5 Å². The molecule has 6 N–H and O–H groups in total. The Morgan fingerprint density at radius 2 is 0.654 bits per heavy atom. The molecule has 0 aromatic heterocycles. The minimum Gasteiger partial charge on any atom is -0.507 e. The summed E-state index contributed by atoms with van der Waals surface area (Å²) in [5, 5.41) is 33.1. The smallest absolute Gasteiger partial charge is 0.309 e. The molecule has 4 bridgehead atoms. The minimum absolute atomic E-state index is 0.0452. The number of amides is 4. The molecule has 0 spiro atoms. The van der Waals surface area contributed by atoms with Gasteiger partial charge in [0.25, 0.3) is 0 Å². The summed E-state index contributed by atoms with van der Waals surface area (Å²) in [5.41, 5.74) is -2.69. The maximum atomic E-state index is 12.8. The second-order valence-corrected chi connectivity index (χ2v) is 16.0. The summed E-state index contributed by atoms with van der Waals surface area (Å²) in [5.74, 6) is -3.81. The number of hydrogen-bond donors (Lipinski definition) is 6. The van der Waals surface area contributed by atoms with Gasteiger partial charge in [0.1, 0.15) is 11.5 Å². The van der Waals surface area contributed by atoms with Gasteiger partial charge in [0.2, 0.25) is 0 Å². The highest BCUT2D eigenvalue weighted by Gasteiger charge is 2.30. The molecule has 1 heterocycles. The highest BCUT2D eigenvalue weighted by atomic mass is 35.5. The van der Waals surface area contributed by atoms with Gasteiger partial charge < -0.3 is 31.5 Å². The van der Waals surface area contributed by atoms with Crippen molar-refractivity contribution in [2.45, 2.75) is 77.5 Å². The van der Waals surface area contributed by atoms with E-state index in [-0.39, 0.29) is 59.9 Å². The molecule has 0 saturated carbocycles. The van der Waals surface area contributed by atoms with Gasteiger partial charge in [0, 0.05) is 57.2 Å². The standard InChI is InChI=1S/C36H46Cl2N8O6/c1-33(2)17-39-13-21-9-25(37)10-22(27(21)47)14-41-19-35(5,6)45-31(51)32(52)46-36(7,8)20-42-16-24-12-26(38)11-23(28(24)48)15-40-18-34(3,4)44-30(50)29(49)43-33/h9-16,47-48H,17-20H2,1-8H3,(H,43,49)(H,44,50)(H,45,51)(H,46,52). The van der Waals surface area contributed by atoms with Gasteiger partial charge in [0.05, 0.1) is 48.3 Å². The summed E-state index contributed by atoms with van der Waals surface area (Å²) in [6, 6.07) is 6.03. The third-order valence-corrected chi connectivity index (χ3v) is 7.79. The van der Waals surface area contributed by atoms with E-state index in [2.05, 4.69) is 41.2 Å². The van der Waals surface area contributed by atoms with Crippen molar-refractivity contribution < 1.29 is 29.4 Å². The zero-order chi connectivity index (χ0) is 39.1. The number of hydrogen-bond acceptors (Lipinski definition) is 10. The Kier molecular flexibility index (Phi) is 13.3. The lowest BCUT2D eigenvalue weighted by Crippen LogP contribution is -2.56. The quantitative estimate of drug-likeness (QED) is 0.222. The second-order valence-electron chi connectivity index (χ2n) is 15.1. The van der Waals surface area contributed by atoms with Crippen LogP contribution in [-0.4, -0.2) is 107 Å². The number of nitrogens with zero attached hydrogens (tertiary/aromatic N) is 4. The predicted octanol–water partition coefficient (Wildman–Crippen LogP) is 3.37. The molecular formula is C36H46Cl2N8O6. The van der Waals surface area contributed by atoms with Gasteiger partial charge in [-0.2, -0.15) is 0 Å². The van der Waals surface area contributed by atoms with Crippen LogP contribution in [0.5, 0.6) is 11.5 Å². The van der Waals surface area contributed by atoms with Gasteiger partial charge in [0.15, 0.2) is 0 Å².